The lowest BCUT2D eigenvalue weighted by atomic mass is 10.2. The van der Waals surface area contributed by atoms with Gasteiger partial charge in [-0.3, -0.25) is 0 Å². The molecule has 1 aliphatic carbocycles. The van der Waals surface area contributed by atoms with Crippen molar-refractivity contribution in [1.82, 2.24) is 5.32 Å². The van der Waals surface area contributed by atoms with Crippen molar-refractivity contribution in [3.05, 3.63) is 29.3 Å². The van der Waals surface area contributed by atoms with E-state index < -0.39 is 0 Å². The van der Waals surface area contributed by atoms with Crippen LogP contribution in [0.25, 0.3) is 0 Å². The van der Waals surface area contributed by atoms with Crippen LogP contribution in [0.3, 0.4) is 0 Å². The molecule has 1 aliphatic rings. The maximum absolute atomic E-state index is 5.88. The second kappa shape index (κ2) is 5.55. The molecule has 1 unspecified atom stereocenters. The first-order chi connectivity index (χ1) is 7.78. The first-order valence-electron chi connectivity index (χ1n) is 5.93. The van der Waals surface area contributed by atoms with Gasteiger partial charge in [0.2, 0.25) is 0 Å². The summed E-state index contributed by atoms with van der Waals surface area (Å²) in [7, 11) is 0. The van der Waals surface area contributed by atoms with Crippen LogP contribution in [0.4, 0.5) is 0 Å². The largest absolute Gasteiger partial charge is 0.489 e. The molecule has 0 bridgehead atoms. The van der Waals surface area contributed by atoms with Gasteiger partial charge in [0.05, 0.1) is 0 Å². The quantitative estimate of drug-likeness (QED) is 0.823. The van der Waals surface area contributed by atoms with Gasteiger partial charge in [0.1, 0.15) is 11.9 Å². The topological polar surface area (TPSA) is 21.3 Å². The van der Waals surface area contributed by atoms with Crippen LogP contribution in [0.2, 0.25) is 5.02 Å². The van der Waals surface area contributed by atoms with Gasteiger partial charge in [-0.25, -0.2) is 0 Å². The molecule has 0 amide bonds. The van der Waals surface area contributed by atoms with Gasteiger partial charge in [-0.2, -0.15) is 0 Å². The number of nitrogens with one attached hydrogen (secondary N) is 1. The smallest absolute Gasteiger partial charge is 0.119 e. The highest BCUT2D eigenvalue weighted by atomic mass is 35.5. The second-order valence-electron chi connectivity index (χ2n) is 4.28. The minimum absolute atomic E-state index is 0.252. The summed E-state index contributed by atoms with van der Waals surface area (Å²) < 4.78 is 5.88. The monoisotopic (exact) mass is 239 g/mol. The zero-order chi connectivity index (χ0) is 11.4. The van der Waals surface area contributed by atoms with Crippen LogP contribution in [0.1, 0.15) is 26.2 Å². The van der Waals surface area contributed by atoms with E-state index in [0.29, 0.717) is 0 Å². The Morgan fingerprint density at radius 1 is 1.38 bits per heavy atom. The molecule has 0 spiro atoms. The molecular formula is C13H18ClNO. The molecule has 1 saturated carbocycles. The summed E-state index contributed by atoms with van der Waals surface area (Å²) in [6.07, 6.45) is 3.90. The predicted octanol–water partition coefficient (Wildman–Crippen LogP) is 3.25. The molecule has 1 atom stereocenters. The summed E-state index contributed by atoms with van der Waals surface area (Å²) in [5.74, 6) is 0.897. The Balaban J connectivity index is 1.82. The van der Waals surface area contributed by atoms with Crippen LogP contribution >= 0.6 is 11.6 Å². The van der Waals surface area contributed by atoms with Gasteiger partial charge < -0.3 is 10.1 Å². The molecule has 0 heterocycles. The third-order valence-electron chi connectivity index (χ3n) is 2.78. The fraction of sp³-hybridized carbons (Fsp3) is 0.538. The Kier molecular flexibility index (Phi) is 4.08. The van der Waals surface area contributed by atoms with Crippen LogP contribution in [-0.4, -0.2) is 18.7 Å². The van der Waals surface area contributed by atoms with Crippen molar-refractivity contribution in [2.24, 2.45) is 0 Å². The van der Waals surface area contributed by atoms with Crippen molar-refractivity contribution < 1.29 is 4.74 Å². The Hall–Kier alpha value is -0.730. The van der Waals surface area contributed by atoms with Crippen LogP contribution in [0.15, 0.2) is 24.3 Å². The van der Waals surface area contributed by atoms with Crippen LogP contribution in [-0.2, 0) is 0 Å². The Labute approximate surface area is 102 Å². The first kappa shape index (κ1) is 11.7. The van der Waals surface area contributed by atoms with Gasteiger partial charge in [-0.15, -0.1) is 0 Å². The molecular weight excluding hydrogens is 222 g/mol. The number of benzene rings is 1. The van der Waals surface area contributed by atoms with E-state index in [1.54, 1.807) is 0 Å². The van der Waals surface area contributed by atoms with Gasteiger partial charge in [-0.1, -0.05) is 18.5 Å². The lowest BCUT2D eigenvalue weighted by Crippen LogP contribution is -2.32. The number of ether oxygens (including phenoxy) is 1. The number of rotatable bonds is 6. The Morgan fingerprint density at radius 2 is 2.06 bits per heavy atom. The van der Waals surface area contributed by atoms with E-state index >= 15 is 0 Å². The SMILES string of the molecule is CCC(CNC1CC1)Oc1ccc(Cl)cc1. The zero-order valence-electron chi connectivity index (χ0n) is 9.58. The minimum Gasteiger partial charge on any atom is -0.489 e. The maximum Gasteiger partial charge on any atom is 0.119 e. The van der Waals surface area contributed by atoms with E-state index in [2.05, 4.69) is 12.2 Å². The van der Waals surface area contributed by atoms with E-state index in [4.69, 9.17) is 16.3 Å². The Morgan fingerprint density at radius 3 is 2.62 bits per heavy atom. The molecule has 1 N–H and O–H groups in total. The zero-order valence-corrected chi connectivity index (χ0v) is 10.3. The van der Waals surface area contributed by atoms with Crippen molar-refractivity contribution in [2.45, 2.75) is 38.3 Å². The average Bonchev–Trinajstić information content (AvgIpc) is 3.11. The lowest BCUT2D eigenvalue weighted by Gasteiger charge is -2.18. The van der Waals surface area contributed by atoms with Gasteiger partial charge in [0, 0.05) is 17.6 Å². The van der Waals surface area contributed by atoms with Gasteiger partial charge in [-0.05, 0) is 43.5 Å². The highest BCUT2D eigenvalue weighted by molar-refractivity contribution is 6.30. The molecule has 1 aromatic carbocycles. The lowest BCUT2D eigenvalue weighted by molar-refractivity contribution is 0.193. The molecule has 3 heteroatoms. The highest BCUT2D eigenvalue weighted by Crippen LogP contribution is 2.20. The normalized spacial score (nSPS) is 17.1. The van der Waals surface area contributed by atoms with Crippen molar-refractivity contribution in [2.75, 3.05) is 6.54 Å². The Bertz CT molecular complexity index is 321. The number of halogens is 1. The fourth-order valence-corrected chi connectivity index (χ4v) is 1.69. The molecule has 1 fully saturated rings. The molecule has 2 nitrogen and oxygen atoms in total. The molecule has 0 aromatic heterocycles. The summed E-state index contributed by atoms with van der Waals surface area (Å²) >= 11 is 5.83. The van der Waals surface area contributed by atoms with Gasteiger partial charge in [0.25, 0.3) is 0 Å². The standard InChI is InChI=1S/C13H18ClNO/c1-2-12(9-15-11-5-6-11)16-13-7-3-10(14)4-8-13/h3-4,7-8,11-12,15H,2,5-6,9H2,1H3. The molecule has 0 radical (unpaired) electrons. The van der Waals surface area contributed by atoms with E-state index in [-0.39, 0.29) is 6.10 Å². The molecule has 1 aromatic rings. The van der Waals surface area contributed by atoms with E-state index in [1.165, 1.54) is 12.8 Å². The first-order valence-corrected chi connectivity index (χ1v) is 6.31. The van der Waals surface area contributed by atoms with Crippen LogP contribution < -0.4 is 10.1 Å². The molecule has 88 valence electrons. The number of hydrogen-bond acceptors (Lipinski definition) is 2. The second-order valence-corrected chi connectivity index (χ2v) is 4.72. The van der Waals surface area contributed by atoms with Crippen molar-refractivity contribution >= 4 is 11.6 Å². The van der Waals surface area contributed by atoms with Crippen molar-refractivity contribution in [3.63, 3.8) is 0 Å². The van der Waals surface area contributed by atoms with Crippen LogP contribution in [0.5, 0.6) is 5.75 Å². The van der Waals surface area contributed by atoms with E-state index in [9.17, 15) is 0 Å². The molecule has 0 saturated heterocycles. The summed E-state index contributed by atoms with van der Waals surface area (Å²) in [5, 5.41) is 4.23. The van der Waals surface area contributed by atoms with E-state index in [1.807, 2.05) is 24.3 Å². The van der Waals surface area contributed by atoms with Crippen molar-refractivity contribution in [3.8, 4) is 5.75 Å². The summed E-state index contributed by atoms with van der Waals surface area (Å²) in [4.78, 5) is 0. The number of hydrogen-bond donors (Lipinski definition) is 1. The maximum atomic E-state index is 5.88. The average molecular weight is 240 g/mol. The molecule has 0 aliphatic heterocycles. The molecule has 16 heavy (non-hydrogen) atoms. The van der Waals surface area contributed by atoms with Crippen LogP contribution in [0, 0.1) is 0 Å². The summed E-state index contributed by atoms with van der Waals surface area (Å²) in [5.41, 5.74) is 0. The third-order valence-corrected chi connectivity index (χ3v) is 3.04. The molecule has 2 rings (SSSR count). The summed E-state index contributed by atoms with van der Waals surface area (Å²) in [6.45, 7) is 3.08. The fourth-order valence-electron chi connectivity index (χ4n) is 1.56. The van der Waals surface area contributed by atoms with Gasteiger partial charge in [0.15, 0.2) is 0 Å². The van der Waals surface area contributed by atoms with Crippen molar-refractivity contribution in [1.29, 1.82) is 0 Å². The summed E-state index contributed by atoms with van der Waals surface area (Å²) in [6, 6.07) is 8.29. The third kappa shape index (κ3) is 3.69. The minimum atomic E-state index is 0.252. The van der Waals surface area contributed by atoms with E-state index in [0.717, 1.165) is 29.8 Å². The van der Waals surface area contributed by atoms with Gasteiger partial charge >= 0.3 is 0 Å². The predicted molar refractivity (Wildman–Crippen MR) is 67.2 cm³/mol. The highest BCUT2D eigenvalue weighted by Gasteiger charge is 2.21.